The van der Waals surface area contributed by atoms with E-state index in [9.17, 15) is 0 Å². The van der Waals surface area contributed by atoms with Gasteiger partial charge in [0.15, 0.2) is 0 Å². The van der Waals surface area contributed by atoms with Crippen LogP contribution in [-0.2, 0) is 6.42 Å². The lowest BCUT2D eigenvalue weighted by atomic mass is 9.95. The average Bonchev–Trinajstić information content (AvgIpc) is 2.84. The highest BCUT2D eigenvalue weighted by molar-refractivity contribution is 7.05. The summed E-state index contributed by atoms with van der Waals surface area (Å²) in [6.07, 6.45) is 2.09. The summed E-state index contributed by atoms with van der Waals surface area (Å²) in [6, 6.07) is 6.67. The molecule has 0 aliphatic heterocycles. The van der Waals surface area contributed by atoms with E-state index in [0.29, 0.717) is 0 Å². The molecule has 1 atom stereocenters. The first-order chi connectivity index (χ1) is 9.19. The zero-order chi connectivity index (χ0) is 13.8. The van der Waals surface area contributed by atoms with Gasteiger partial charge in [0.05, 0.1) is 16.6 Å². The summed E-state index contributed by atoms with van der Waals surface area (Å²) in [5.41, 5.74) is 5.13. The fourth-order valence-electron chi connectivity index (χ4n) is 2.36. The molecule has 0 fully saturated rings. The first kappa shape index (κ1) is 14.2. The van der Waals surface area contributed by atoms with Gasteiger partial charge in [0.2, 0.25) is 0 Å². The summed E-state index contributed by atoms with van der Waals surface area (Å²) >= 11 is 1.51. The third kappa shape index (κ3) is 2.85. The minimum absolute atomic E-state index is 0.196. The second-order valence-electron chi connectivity index (χ2n) is 4.84. The molecule has 0 aliphatic carbocycles. The first-order valence-corrected chi connectivity index (χ1v) is 7.50. The molecule has 2 rings (SSSR count). The molecule has 0 saturated heterocycles. The van der Waals surface area contributed by atoms with E-state index >= 15 is 0 Å². The highest BCUT2D eigenvalue weighted by Gasteiger charge is 2.21. The van der Waals surface area contributed by atoms with Crippen molar-refractivity contribution in [2.45, 2.75) is 39.7 Å². The molecule has 1 heterocycles. The number of rotatable bonds is 5. The summed E-state index contributed by atoms with van der Waals surface area (Å²) in [5, 5.41) is 7.70. The van der Waals surface area contributed by atoms with Crippen LogP contribution in [0.25, 0.3) is 0 Å². The van der Waals surface area contributed by atoms with E-state index in [1.807, 2.05) is 7.05 Å². The molecule has 0 bridgehead atoms. The minimum atomic E-state index is 0.196. The molecule has 1 unspecified atom stereocenters. The quantitative estimate of drug-likeness (QED) is 0.908. The molecule has 0 spiro atoms. The molecule has 2 aromatic rings. The Morgan fingerprint density at radius 3 is 2.79 bits per heavy atom. The van der Waals surface area contributed by atoms with Gasteiger partial charge in [0.25, 0.3) is 0 Å². The van der Waals surface area contributed by atoms with Crippen LogP contribution >= 0.6 is 11.5 Å². The van der Waals surface area contributed by atoms with E-state index in [2.05, 4.69) is 53.9 Å². The van der Waals surface area contributed by atoms with Gasteiger partial charge >= 0.3 is 0 Å². The van der Waals surface area contributed by atoms with Crippen molar-refractivity contribution in [1.29, 1.82) is 0 Å². The Labute approximate surface area is 119 Å². The van der Waals surface area contributed by atoms with E-state index in [0.717, 1.165) is 18.5 Å². The largest absolute Gasteiger partial charge is 0.309 e. The number of aryl methyl sites for hydroxylation is 2. The van der Waals surface area contributed by atoms with Crippen molar-refractivity contribution in [2.75, 3.05) is 7.05 Å². The Balaban J connectivity index is 2.44. The lowest BCUT2D eigenvalue weighted by Crippen LogP contribution is -2.19. The van der Waals surface area contributed by atoms with Gasteiger partial charge in [-0.05, 0) is 55.5 Å². The van der Waals surface area contributed by atoms with Gasteiger partial charge in [-0.25, -0.2) is 0 Å². The van der Waals surface area contributed by atoms with Gasteiger partial charge < -0.3 is 5.32 Å². The number of hydrogen-bond acceptors (Lipinski definition) is 4. The number of benzene rings is 1. The fourth-order valence-corrected chi connectivity index (χ4v) is 3.19. The van der Waals surface area contributed by atoms with Crippen LogP contribution in [0.1, 0.15) is 46.6 Å². The molecule has 0 aliphatic rings. The Kier molecular flexibility index (Phi) is 4.66. The number of nitrogens with one attached hydrogen (secondary N) is 1. The molecule has 102 valence electrons. The van der Waals surface area contributed by atoms with Crippen molar-refractivity contribution < 1.29 is 0 Å². The third-order valence-electron chi connectivity index (χ3n) is 3.58. The summed E-state index contributed by atoms with van der Waals surface area (Å²) in [4.78, 5) is 1.25. The molecular weight excluding hydrogens is 254 g/mol. The maximum atomic E-state index is 4.28. The van der Waals surface area contributed by atoms with E-state index in [4.69, 9.17) is 0 Å². The first-order valence-electron chi connectivity index (χ1n) is 6.73. The summed E-state index contributed by atoms with van der Waals surface area (Å²) in [6.45, 7) is 6.52. The lowest BCUT2D eigenvalue weighted by Gasteiger charge is -2.19. The number of nitrogens with zero attached hydrogens (tertiary/aromatic N) is 2. The van der Waals surface area contributed by atoms with Crippen molar-refractivity contribution in [3.05, 3.63) is 45.5 Å². The van der Waals surface area contributed by atoms with Crippen LogP contribution in [0.15, 0.2) is 18.2 Å². The van der Waals surface area contributed by atoms with Crippen molar-refractivity contribution in [3.8, 4) is 0 Å². The summed E-state index contributed by atoms with van der Waals surface area (Å²) in [5.74, 6) is 0. The second-order valence-corrected chi connectivity index (χ2v) is 5.63. The van der Waals surface area contributed by atoms with Gasteiger partial charge in [-0.2, -0.15) is 0 Å². The molecule has 1 aromatic heterocycles. The predicted molar refractivity (Wildman–Crippen MR) is 80.7 cm³/mol. The van der Waals surface area contributed by atoms with Crippen molar-refractivity contribution in [1.82, 2.24) is 14.9 Å². The predicted octanol–water partition coefficient (Wildman–Crippen LogP) is 3.42. The van der Waals surface area contributed by atoms with Gasteiger partial charge in [0, 0.05) is 0 Å². The van der Waals surface area contributed by atoms with E-state index in [1.54, 1.807) is 0 Å². The van der Waals surface area contributed by atoms with E-state index in [1.165, 1.54) is 33.1 Å². The second kappa shape index (κ2) is 6.26. The Hall–Kier alpha value is -1.26. The maximum absolute atomic E-state index is 4.28. The van der Waals surface area contributed by atoms with Crippen LogP contribution in [0, 0.1) is 13.8 Å². The Morgan fingerprint density at radius 2 is 2.11 bits per heavy atom. The average molecular weight is 275 g/mol. The van der Waals surface area contributed by atoms with Crippen molar-refractivity contribution >= 4 is 11.5 Å². The lowest BCUT2D eigenvalue weighted by molar-refractivity contribution is 0.683. The molecule has 3 nitrogen and oxygen atoms in total. The van der Waals surface area contributed by atoms with Crippen LogP contribution in [0.3, 0.4) is 0 Å². The Morgan fingerprint density at radius 1 is 1.32 bits per heavy atom. The van der Waals surface area contributed by atoms with Gasteiger partial charge in [0.1, 0.15) is 0 Å². The number of hydrogen-bond donors (Lipinski definition) is 1. The fraction of sp³-hybridized carbons (Fsp3) is 0.467. The normalized spacial score (nSPS) is 12.6. The molecule has 0 saturated carbocycles. The van der Waals surface area contributed by atoms with E-state index < -0.39 is 0 Å². The molecular formula is C15H21N3S. The van der Waals surface area contributed by atoms with Crippen molar-refractivity contribution in [3.63, 3.8) is 0 Å². The van der Waals surface area contributed by atoms with Crippen LogP contribution in [-0.4, -0.2) is 16.6 Å². The van der Waals surface area contributed by atoms with E-state index in [-0.39, 0.29) is 6.04 Å². The summed E-state index contributed by atoms with van der Waals surface area (Å²) < 4.78 is 4.14. The third-order valence-corrected chi connectivity index (χ3v) is 4.41. The van der Waals surface area contributed by atoms with Gasteiger partial charge in [-0.1, -0.05) is 36.0 Å². The number of aromatic nitrogens is 2. The van der Waals surface area contributed by atoms with Crippen LogP contribution in [0.4, 0.5) is 0 Å². The van der Waals surface area contributed by atoms with Gasteiger partial charge in [-0.3, -0.25) is 0 Å². The highest BCUT2D eigenvalue weighted by atomic mass is 32.1. The zero-order valence-electron chi connectivity index (χ0n) is 12.0. The molecule has 19 heavy (non-hydrogen) atoms. The molecule has 0 amide bonds. The van der Waals surface area contributed by atoms with Crippen LogP contribution < -0.4 is 5.32 Å². The van der Waals surface area contributed by atoms with Crippen molar-refractivity contribution in [2.24, 2.45) is 0 Å². The summed E-state index contributed by atoms with van der Waals surface area (Å²) in [7, 11) is 2.00. The SMILES string of the molecule is CCCc1nnsc1C(NC)c1cccc(C)c1C. The topological polar surface area (TPSA) is 37.8 Å². The molecule has 1 aromatic carbocycles. The molecule has 0 radical (unpaired) electrons. The molecule has 1 N–H and O–H groups in total. The monoisotopic (exact) mass is 275 g/mol. The highest BCUT2D eigenvalue weighted by Crippen LogP contribution is 2.30. The van der Waals surface area contributed by atoms with Crippen LogP contribution in [0.5, 0.6) is 0 Å². The minimum Gasteiger partial charge on any atom is -0.309 e. The standard InChI is InChI=1S/C15H21N3S/c1-5-7-13-15(19-18-17-13)14(16-4)12-9-6-8-10(2)11(12)3/h6,8-9,14,16H,5,7H2,1-4H3. The van der Waals surface area contributed by atoms with Crippen LogP contribution in [0.2, 0.25) is 0 Å². The van der Waals surface area contributed by atoms with Gasteiger partial charge in [-0.15, -0.1) is 5.10 Å². The smallest absolute Gasteiger partial charge is 0.0807 e. The Bertz CT molecular complexity index is 548. The zero-order valence-corrected chi connectivity index (χ0v) is 12.8. The molecule has 4 heteroatoms. The maximum Gasteiger partial charge on any atom is 0.0807 e.